The molecule has 0 aliphatic carbocycles. The third-order valence-corrected chi connectivity index (χ3v) is 2.86. The molecule has 0 aliphatic rings. The fourth-order valence-corrected chi connectivity index (χ4v) is 1.59. The van der Waals surface area contributed by atoms with E-state index < -0.39 is 33.4 Å². The predicted octanol–water partition coefficient (Wildman–Crippen LogP) is -0.211. The minimum Gasteiger partial charge on any atom is -0.429 e. The maximum atomic E-state index is 11.5. The summed E-state index contributed by atoms with van der Waals surface area (Å²) in [6.07, 6.45) is -2.99. The number of hydrogen-bond donors (Lipinski definition) is 3. The lowest BCUT2D eigenvalue weighted by Crippen LogP contribution is -2.28. The molecule has 0 aliphatic heterocycles. The Bertz CT molecular complexity index is 535. The van der Waals surface area contributed by atoms with Gasteiger partial charge in [-0.3, -0.25) is 4.55 Å². The van der Waals surface area contributed by atoms with Gasteiger partial charge < -0.3 is 14.9 Å². The number of aliphatic hydroxyl groups excluding tert-OH is 2. The lowest BCUT2D eigenvalue weighted by Gasteiger charge is -2.14. The van der Waals surface area contributed by atoms with Gasteiger partial charge >= 0.3 is 5.97 Å². The molecular formula is C10H12O7S. The number of carbonyl (C=O) groups excluding carboxylic acids is 1. The van der Waals surface area contributed by atoms with Crippen LogP contribution in [0.5, 0.6) is 0 Å². The highest BCUT2D eigenvalue weighted by Crippen LogP contribution is 2.13. The van der Waals surface area contributed by atoms with E-state index in [9.17, 15) is 13.2 Å². The molecule has 0 amide bonds. The van der Waals surface area contributed by atoms with E-state index in [0.29, 0.717) is 0 Å². The van der Waals surface area contributed by atoms with Crippen LogP contribution in [0.25, 0.3) is 0 Å². The third-order valence-electron chi connectivity index (χ3n) is 2.01. The fourth-order valence-electron chi connectivity index (χ4n) is 1.06. The van der Waals surface area contributed by atoms with Gasteiger partial charge in [0.1, 0.15) is 6.10 Å². The lowest BCUT2D eigenvalue weighted by atomic mass is 10.2. The van der Waals surface area contributed by atoms with Crippen molar-refractivity contribution in [1.82, 2.24) is 0 Å². The zero-order valence-corrected chi connectivity index (χ0v) is 10.2. The van der Waals surface area contributed by atoms with E-state index in [0.717, 1.165) is 12.1 Å². The second-order valence-electron chi connectivity index (χ2n) is 3.54. The number of carbonyl (C=O) groups is 1. The standard InChI is InChI=1S/C10H12O7S/c1-6(11)9(12)17-10(13)7-3-2-4-8(5-7)18(14,15)16/h2-6,9,11-12H,1H3,(H,14,15,16). The summed E-state index contributed by atoms with van der Waals surface area (Å²) in [6.45, 7) is 1.21. The Balaban J connectivity index is 2.94. The van der Waals surface area contributed by atoms with E-state index in [2.05, 4.69) is 4.74 Å². The Hall–Kier alpha value is -1.48. The number of benzene rings is 1. The van der Waals surface area contributed by atoms with Crippen molar-refractivity contribution in [2.75, 3.05) is 0 Å². The molecule has 0 saturated carbocycles. The summed E-state index contributed by atoms with van der Waals surface area (Å²) in [5.74, 6) is -1.02. The van der Waals surface area contributed by atoms with Crippen LogP contribution in [0.4, 0.5) is 0 Å². The molecule has 0 spiro atoms. The third kappa shape index (κ3) is 3.77. The van der Waals surface area contributed by atoms with Crippen LogP contribution in [0.3, 0.4) is 0 Å². The van der Waals surface area contributed by atoms with Gasteiger partial charge in [0.05, 0.1) is 10.5 Å². The zero-order valence-electron chi connectivity index (χ0n) is 9.35. The van der Waals surface area contributed by atoms with Crippen LogP contribution >= 0.6 is 0 Å². The molecule has 18 heavy (non-hydrogen) atoms. The summed E-state index contributed by atoms with van der Waals surface area (Å²) in [4.78, 5) is 11.0. The molecular weight excluding hydrogens is 264 g/mol. The molecule has 0 aromatic heterocycles. The highest BCUT2D eigenvalue weighted by atomic mass is 32.2. The molecule has 7 nitrogen and oxygen atoms in total. The van der Waals surface area contributed by atoms with Crippen LogP contribution < -0.4 is 0 Å². The first kappa shape index (κ1) is 14.6. The molecule has 1 aromatic rings. The molecule has 0 heterocycles. The highest BCUT2D eigenvalue weighted by Gasteiger charge is 2.19. The van der Waals surface area contributed by atoms with E-state index in [1.807, 2.05) is 0 Å². The minimum absolute atomic E-state index is 0.176. The van der Waals surface area contributed by atoms with E-state index in [1.54, 1.807) is 0 Å². The predicted molar refractivity (Wildman–Crippen MR) is 59.4 cm³/mol. The van der Waals surface area contributed by atoms with Gasteiger partial charge in [0.25, 0.3) is 10.1 Å². The fraction of sp³-hybridized carbons (Fsp3) is 0.300. The smallest absolute Gasteiger partial charge is 0.340 e. The lowest BCUT2D eigenvalue weighted by molar-refractivity contribution is -0.123. The van der Waals surface area contributed by atoms with Gasteiger partial charge in [-0.1, -0.05) is 6.07 Å². The summed E-state index contributed by atoms with van der Waals surface area (Å²) in [5.41, 5.74) is -0.176. The van der Waals surface area contributed by atoms with Gasteiger partial charge in [-0.25, -0.2) is 4.79 Å². The molecule has 1 aromatic carbocycles. The maximum absolute atomic E-state index is 11.5. The first-order chi connectivity index (χ1) is 8.21. The zero-order chi connectivity index (χ0) is 13.9. The van der Waals surface area contributed by atoms with Gasteiger partial charge in [0.15, 0.2) is 0 Å². The summed E-state index contributed by atoms with van der Waals surface area (Å²) >= 11 is 0. The minimum atomic E-state index is -4.42. The first-order valence-corrected chi connectivity index (χ1v) is 6.30. The number of esters is 1. The Morgan fingerprint density at radius 3 is 2.44 bits per heavy atom. The molecule has 100 valence electrons. The Morgan fingerprint density at radius 2 is 1.94 bits per heavy atom. The molecule has 2 unspecified atom stereocenters. The van der Waals surface area contributed by atoms with E-state index >= 15 is 0 Å². The Kier molecular flexibility index (Phi) is 4.41. The van der Waals surface area contributed by atoms with E-state index in [4.69, 9.17) is 14.8 Å². The average molecular weight is 276 g/mol. The van der Waals surface area contributed by atoms with Gasteiger partial charge in [0, 0.05) is 0 Å². The molecule has 8 heteroatoms. The first-order valence-electron chi connectivity index (χ1n) is 4.86. The van der Waals surface area contributed by atoms with Gasteiger partial charge in [-0.2, -0.15) is 8.42 Å². The number of aliphatic hydroxyl groups is 2. The van der Waals surface area contributed by atoms with Crippen LogP contribution in [-0.2, 0) is 14.9 Å². The van der Waals surface area contributed by atoms with Crippen molar-refractivity contribution in [3.05, 3.63) is 29.8 Å². The van der Waals surface area contributed by atoms with Crippen molar-refractivity contribution >= 4 is 16.1 Å². The summed E-state index contributed by atoms with van der Waals surface area (Å²) in [5, 5.41) is 18.1. The molecule has 0 radical (unpaired) electrons. The number of ether oxygens (including phenoxy) is 1. The second kappa shape index (κ2) is 5.44. The average Bonchev–Trinajstić information content (AvgIpc) is 2.27. The van der Waals surface area contributed by atoms with Gasteiger partial charge in [-0.15, -0.1) is 0 Å². The number of rotatable bonds is 4. The SMILES string of the molecule is CC(O)C(O)OC(=O)c1cccc(S(=O)(=O)O)c1. The Morgan fingerprint density at radius 1 is 1.33 bits per heavy atom. The number of hydrogen-bond acceptors (Lipinski definition) is 6. The van der Waals surface area contributed by atoms with E-state index in [1.165, 1.54) is 19.1 Å². The van der Waals surface area contributed by atoms with Crippen molar-refractivity contribution in [2.45, 2.75) is 24.2 Å². The molecule has 1 rings (SSSR count). The molecule has 2 atom stereocenters. The van der Waals surface area contributed by atoms with Crippen molar-refractivity contribution in [3.63, 3.8) is 0 Å². The Labute approximate surface area is 103 Å². The monoisotopic (exact) mass is 276 g/mol. The molecule has 0 fully saturated rings. The quantitative estimate of drug-likeness (QED) is 0.395. The van der Waals surface area contributed by atoms with Crippen molar-refractivity contribution in [2.24, 2.45) is 0 Å². The highest BCUT2D eigenvalue weighted by molar-refractivity contribution is 7.85. The van der Waals surface area contributed by atoms with Crippen LogP contribution in [-0.4, -0.2) is 41.5 Å². The largest absolute Gasteiger partial charge is 0.429 e. The molecule has 3 N–H and O–H groups in total. The van der Waals surface area contributed by atoms with Gasteiger partial charge in [0.2, 0.25) is 6.29 Å². The second-order valence-corrected chi connectivity index (χ2v) is 4.96. The van der Waals surface area contributed by atoms with Gasteiger partial charge in [-0.05, 0) is 25.1 Å². The molecule has 0 bridgehead atoms. The van der Waals surface area contributed by atoms with E-state index in [-0.39, 0.29) is 5.56 Å². The molecule has 0 saturated heterocycles. The summed E-state index contributed by atoms with van der Waals surface area (Å²) < 4.78 is 35.0. The van der Waals surface area contributed by atoms with Crippen LogP contribution in [0.2, 0.25) is 0 Å². The van der Waals surface area contributed by atoms with Crippen LogP contribution in [0.1, 0.15) is 17.3 Å². The summed E-state index contributed by atoms with van der Waals surface area (Å²) in [7, 11) is -4.42. The van der Waals surface area contributed by atoms with Crippen molar-refractivity contribution in [1.29, 1.82) is 0 Å². The van der Waals surface area contributed by atoms with Crippen LogP contribution in [0, 0.1) is 0 Å². The normalized spacial score (nSPS) is 14.9. The van der Waals surface area contributed by atoms with Crippen LogP contribution in [0.15, 0.2) is 29.2 Å². The topological polar surface area (TPSA) is 121 Å². The summed E-state index contributed by atoms with van der Waals surface area (Å²) in [6, 6.07) is 4.46. The maximum Gasteiger partial charge on any atom is 0.340 e. The van der Waals surface area contributed by atoms with Crippen molar-refractivity contribution < 1.29 is 32.7 Å². The van der Waals surface area contributed by atoms with Crippen molar-refractivity contribution in [3.8, 4) is 0 Å².